The van der Waals surface area contributed by atoms with Crippen LogP contribution in [-0.4, -0.2) is 25.9 Å². The van der Waals surface area contributed by atoms with Crippen LogP contribution in [0.3, 0.4) is 0 Å². The lowest BCUT2D eigenvalue weighted by molar-refractivity contribution is 0.0211. The first-order valence-corrected chi connectivity index (χ1v) is 5.44. The van der Waals surface area contributed by atoms with Crippen LogP contribution in [0.2, 0.25) is 5.02 Å². The van der Waals surface area contributed by atoms with E-state index in [1.807, 2.05) is 25.1 Å². The van der Waals surface area contributed by atoms with Gasteiger partial charge < -0.3 is 14.8 Å². The molecule has 3 nitrogen and oxygen atoms in total. The van der Waals surface area contributed by atoms with Gasteiger partial charge in [-0.1, -0.05) is 11.6 Å². The van der Waals surface area contributed by atoms with Crippen LogP contribution in [0, 0.1) is 0 Å². The van der Waals surface area contributed by atoms with Crippen molar-refractivity contribution in [1.29, 1.82) is 0 Å². The number of hydrogen-bond donors (Lipinski definition) is 1. The Morgan fingerprint density at radius 1 is 1.53 bits per heavy atom. The summed E-state index contributed by atoms with van der Waals surface area (Å²) in [6.07, 6.45) is 0. The van der Waals surface area contributed by atoms with Gasteiger partial charge in [0.05, 0.1) is 30.9 Å². The van der Waals surface area contributed by atoms with E-state index in [1.54, 1.807) is 0 Å². The van der Waals surface area contributed by atoms with Crippen LogP contribution >= 0.6 is 11.6 Å². The van der Waals surface area contributed by atoms with Gasteiger partial charge in [-0.15, -0.1) is 0 Å². The van der Waals surface area contributed by atoms with Crippen molar-refractivity contribution in [3.63, 3.8) is 0 Å². The van der Waals surface area contributed by atoms with E-state index in [0.29, 0.717) is 17.7 Å². The highest BCUT2D eigenvalue weighted by molar-refractivity contribution is 6.32. The molecule has 1 saturated heterocycles. The smallest absolute Gasteiger partial charge is 0.138 e. The average Bonchev–Trinajstić information content (AvgIpc) is 2.16. The minimum atomic E-state index is 0.416. The highest BCUT2D eigenvalue weighted by atomic mass is 35.5. The molecule has 1 heterocycles. The molecule has 0 spiro atoms. The fourth-order valence-corrected chi connectivity index (χ4v) is 1.65. The molecule has 1 aliphatic rings. The highest BCUT2D eigenvalue weighted by Gasteiger charge is 2.17. The lowest BCUT2D eigenvalue weighted by Crippen LogP contribution is -2.40. The third-order valence-corrected chi connectivity index (χ3v) is 2.54. The van der Waals surface area contributed by atoms with Gasteiger partial charge in [0.2, 0.25) is 0 Å². The Labute approximate surface area is 94.3 Å². The Kier molecular flexibility index (Phi) is 3.34. The van der Waals surface area contributed by atoms with Crippen LogP contribution < -0.4 is 10.1 Å². The molecule has 15 heavy (non-hydrogen) atoms. The van der Waals surface area contributed by atoms with Gasteiger partial charge in [-0.2, -0.15) is 0 Å². The maximum Gasteiger partial charge on any atom is 0.138 e. The predicted molar refractivity (Wildman–Crippen MR) is 60.9 cm³/mol. The van der Waals surface area contributed by atoms with Gasteiger partial charge >= 0.3 is 0 Å². The summed E-state index contributed by atoms with van der Waals surface area (Å²) < 4.78 is 10.4. The van der Waals surface area contributed by atoms with Crippen LogP contribution in [0.15, 0.2) is 18.2 Å². The van der Waals surface area contributed by atoms with E-state index in [2.05, 4.69) is 5.32 Å². The maximum absolute atomic E-state index is 6.06. The number of hydrogen-bond acceptors (Lipinski definition) is 3. The number of benzene rings is 1. The van der Waals surface area contributed by atoms with Crippen LogP contribution in [0.1, 0.15) is 6.92 Å². The number of nitrogens with one attached hydrogen (secondary N) is 1. The monoisotopic (exact) mass is 227 g/mol. The molecule has 0 unspecified atom stereocenters. The zero-order chi connectivity index (χ0) is 10.7. The second kappa shape index (κ2) is 4.73. The third-order valence-electron chi connectivity index (χ3n) is 2.24. The maximum atomic E-state index is 6.06. The molecule has 0 saturated carbocycles. The van der Waals surface area contributed by atoms with Gasteiger partial charge in [-0.05, 0) is 25.1 Å². The lowest BCUT2D eigenvalue weighted by Gasteiger charge is -2.28. The van der Waals surface area contributed by atoms with Gasteiger partial charge in [0, 0.05) is 5.69 Å². The first-order valence-electron chi connectivity index (χ1n) is 5.06. The second-order valence-corrected chi connectivity index (χ2v) is 3.86. The van der Waals surface area contributed by atoms with Gasteiger partial charge in [-0.3, -0.25) is 0 Å². The van der Waals surface area contributed by atoms with E-state index in [4.69, 9.17) is 21.1 Å². The molecule has 82 valence electrons. The average molecular weight is 228 g/mol. The number of anilines is 1. The molecule has 0 radical (unpaired) electrons. The Balaban J connectivity index is 2.03. The van der Waals surface area contributed by atoms with Crippen molar-refractivity contribution >= 4 is 17.3 Å². The van der Waals surface area contributed by atoms with Crippen molar-refractivity contribution in [2.45, 2.75) is 13.0 Å². The summed E-state index contributed by atoms with van der Waals surface area (Å²) in [6, 6.07) is 6.15. The Bertz CT molecular complexity index is 339. The molecule has 1 aliphatic heterocycles. The topological polar surface area (TPSA) is 30.5 Å². The van der Waals surface area contributed by atoms with Crippen molar-refractivity contribution in [1.82, 2.24) is 0 Å². The van der Waals surface area contributed by atoms with E-state index >= 15 is 0 Å². The van der Waals surface area contributed by atoms with Crippen molar-refractivity contribution in [3.8, 4) is 5.75 Å². The van der Waals surface area contributed by atoms with Gasteiger partial charge in [0.15, 0.2) is 0 Å². The normalized spacial score (nSPS) is 15.9. The summed E-state index contributed by atoms with van der Waals surface area (Å²) in [4.78, 5) is 0. The zero-order valence-electron chi connectivity index (χ0n) is 8.63. The third kappa shape index (κ3) is 2.55. The van der Waals surface area contributed by atoms with Crippen molar-refractivity contribution in [2.75, 3.05) is 25.1 Å². The molecule has 1 fully saturated rings. The molecule has 1 aromatic carbocycles. The molecule has 2 rings (SSSR count). The lowest BCUT2D eigenvalue weighted by atomic mass is 10.2. The molecule has 1 aromatic rings. The number of rotatable bonds is 4. The molecular formula is C11H14ClNO2. The van der Waals surface area contributed by atoms with Crippen LogP contribution in [0.25, 0.3) is 0 Å². The van der Waals surface area contributed by atoms with E-state index in [0.717, 1.165) is 24.7 Å². The largest absolute Gasteiger partial charge is 0.492 e. The second-order valence-electron chi connectivity index (χ2n) is 3.46. The first kappa shape index (κ1) is 10.6. The summed E-state index contributed by atoms with van der Waals surface area (Å²) in [5, 5.41) is 3.96. The summed E-state index contributed by atoms with van der Waals surface area (Å²) in [5.41, 5.74) is 1.01. The number of halogens is 1. The van der Waals surface area contributed by atoms with Gasteiger partial charge in [-0.25, -0.2) is 0 Å². The molecule has 1 N–H and O–H groups in total. The van der Waals surface area contributed by atoms with E-state index in [9.17, 15) is 0 Å². The van der Waals surface area contributed by atoms with E-state index in [-0.39, 0.29) is 0 Å². The van der Waals surface area contributed by atoms with Crippen LogP contribution in [-0.2, 0) is 4.74 Å². The SMILES string of the molecule is CCOc1ccc(NC2COC2)cc1Cl. The van der Waals surface area contributed by atoms with Crippen molar-refractivity contribution < 1.29 is 9.47 Å². The highest BCUT2D eigenvalue weighted by Crippen LogP contribution is 2.28. The predicted octanol–water partition coefficient (Wildman–Crippen LogP) is 2.55. The zero-order valence-corrected chi connectivity index (χ0v) is 9.38. The van der Waals surface area contributed by atoms with Crippen LogP contribution in [0.5, 0.6) is 5.75 Å². The molecule has 0 aromatic heterocycles. The summed E-state index contributed by atoms with van der Waals surface area (Å²) in [5.74, 6) is 0.731. The van der Waals surface area contributed by atoms with E-state index in [1.165, 1.54) is 0 Å². The molecular weight excluding hydrogens is 214 g/mol. The van der Waals surface area contributed by atoms with E-state index < -0.39 is 0 Å². The molecule has 4 heteroatoms. The van der Waals surface area contributed by atoms with Gasteiger partial charge in [0.25, 0.3) is 0 Å². The molecule has 0 aliphatic carbocycles. The Hall–Kier alpha value is -0.930. The Morgan fingerprint density at radius 3 is 2.87 bits per heavy atom. The summed E-state index contributed by atoms with van der Waals surface area (Å²) in [6.45, 7) is 4.10. The fourth-order valence-electron chi connectivity index (χ4n) is 1.42. The minimum Gasteiger partial charge on any atom is -0.492 e. The minimum absolute atomic E-state index is 0.416. The van der Waals surface area contributed by atoms with Crippen molar-refractivity contribution in [3.05, 3.63) is 23.2 Å². The fraction of sp³-hybridized carbons (Fsp3) is 0.455. The Morgan fingerprint density at radius 2 is 2.33 bits per heavy atom. The van der Waals surface area contributed by atoms with Crippen molar-refractivity contribution in [2.24, 2.45) is 0 Å². The summed E-state index contributed by atoms with van der Waals surface area (Å²) >= 11 is 6.06. The molecule has 0 atom stereocenters. The summed E-state index contributed by atoms with van der Waals surface area (Å²) in [7, 11) is 0. The van der Waals surface area contributed by atoms with Crippen LogP contribution in [0.4, 0.5) is 5.69 Å². The van der Waals surface area contributed by atoms with Gasteiger partial charge in [0.1, 0.15) is 5.75 Å². The number of ether oxygens (including phenoxy) is 2. The first-order chi connectivity index (χ1) is 7.29. The molecule has 0 bridgehead atoms. The molecule has 0 amide bonds. The quantitative estimate of drug-likeness (QED) is 0.858. The standard InChI is InChI=1S/C11H14ClNO2/c1-2-15-11-4-3-8(5-10(11)12)13-9-6-14-7-9/h3-5,9,13H,2,6-7H2,1H3.